The van der Waals surface area contributed by atoms with Crippen molar-refractivity contribution in [1.29, 1.82) is 0 Å². The molecule has 0 aromatic carbocycles. The Labute approximate surface area is 94.4 Å². The topological polar surface area (TPSA) is 13.0 Å². The van der Waals surface area contributed by atoms with Gasteiger partial charge in [-0.15, -0.1) is 0 Å². The number of hydrogen-bond donors (Lipinski definition) is 0. The van der Waals surface area contributed by atoms with Crippen LogP contribution in [0.1, 0.15) is 26.7 Å². The van der Waals surface area contributed by atoms with Crippen molar-refractivity contribution in [2.45, 2.75) is 26.7 Å². The number of rotatable bonds is 4. The monoisotopic (exact) mass is 214 g/mol. The lowest BCUT2D eigenvalue weighted by atomic mass is 10.4. The molecule has 0 amide bonds. The molecule has 0 aromatic rings. The van der Waals surface area contributed by atoms with Gasteiger partial charge >= 0.3 is 0 Å². The van der Waals surface area contributed by atoms with Gasteiger partial charge in [0.1, 0.15) is 0 Å². The smallest absolute Gasteiger partial charge is 0.0786 e. The van der Waals surface area contributed by atoms with Crippen LogP contribution in [0.2, 0.25) is 0 Å². The van der Waals surface area contributed by atoms with E-state index in [4.69, 9.17) is 0 Å². The van der Waals surface area contributed by atoms with Crippen molar-refractivity contribution in [3.8, 4) is 0 Å². The quantitative estimate of drug-likeness (QED) is 0.694. The van der Waals surface area contributed by atoms with Crippen molar-refractivity contribution in [3.05, 3.63) is 0 Å². The van der Waals surface area contributed by atoms with Crippen LogP contribution in [0.5, 0.6) is 0 Å². The summed E-state index contributed by atoms with van der Waals surface area (Å²) < 4.78 is 0. The lowest BCUT2D eigenvalue weighted by molar-refractivity contribution is -0.0668. The molecule has 0 atom stereocenters. The maximum atomic E-state index is 2.44. The van der Waals surface area contributed by atoms with E-state index in [2.05, 4.69) is 48.0 Å². The Balaban J connectivity index is 2.56. The van der Waals surface area contributed by atoms with E-state index in [0.29, 0.717) is 0 Å². The fraction of sp³-hybridized carbons (Fsp3) is 1.00. The molecule has 0 bridgehead atoms. The van der Waals surface area contributed by atoms with Gasteiger partial charge < -0.3 is 0 Å². The largest absolute Gasteiger partial charge is 0.242 e. The van der Waals surface area contributed by atoms with E-state index in [0.717, 1.165) is 32.8 Å². The van der Waals surface area contributed by atoms with E-state index < -0.39 is 0 Å². The van der Waals surface area contributed by atoms with Crippen LogP contribution in [0.3, 0.4) is 0 Å². The summed E-state index contributed by atoms with van der Waals surface area (Å²) in [7, 11) is 4.39. The molecule has 0 spiro atoms. The van der Waals surface area contributed by atoms with Crippen LogP contribution in [0.25, 0.3) is 0 Å². The van der Waals surface area contributed by atoms with Gasteiger partial charge in [0, 0.05) is 40.3 Å². The molecule has 1 saturated heterocycles. The van der Waals surface area contributed by atoms with Crippen LogP contribution in [-0.2, 0) is 0 Å². The molecule has 0 aliphatic carbocycles. The normalized spacial score (nSPS) is 23.2. The summed E-state index contributed by atoms with van der Waals surface area (Å²) in [5.41, 5.74) is 0. The molecule has 0 N–H and O–H groups in total. The molecule has 1 heterocycles. The highest BCUT2D eigenvalue weighted by molar-refractivity contribution is 4.63. The third kappa shape index (κ3) is 3.72. The Morgan fingerprint density at radius 3 is 1.53 bits per heavy atom. The van der Waals surface area contributed by atoms with Gasteiger partial charge in [-0.25, -0.2) is 20.0 Å². The molecular weight excluding hydrogens is 188 g/mol. The molecule has 0 aromatic heterocycles. The highest BCUT2D eigenvalue weighted by Crippen LogP contribution is 2.08. The van der Waals surface area contributed by atoms with Crippen LogP contribution in [0, 0.1) is 0 Å². The number of nitrogens with zero attached hydrogens (tertiary/aromatic N) is 4. The lowest BCUT2D eigenvalue weighted by Crippen LogP contribution is -2.47. The Morgan fingerprint density at radius 2 is 1.20 bits per heavy atom. The first-order chi connectivity index (χ1) is 7.19. The lowest BCUT2D eigenvalue weighted by Gasteiger charge is -2.34. The van der Waals surface area contributed by atoms with Gasteiger partial charge in [0.25, 0.3) is 0 Å². The Hall–Kier alpha value is -0.160. The maximum Gasteiger partial charge on any atom is 0.0786 e. The highest BCUT2D eigenvalue weighted by Gasteiger charge is 2.21. The summed E-state index contributed by atoms with van der Waals surface area (Å²) in [4.78, 5) is 0. The average molecular weight is 214 g/mol. The Kier molecular flexibility index (Phi) is 5.53. The van der Waals surface area contributed by atoms with Crippen LogP contribution in [-0.4, -0.2) is 67.0 Å². The standard InChI is InChI=1S/C11H26N4/c1-5-7-14-11-15(8-6-2)13(4)10-9-12(14)3/h5-11H2,1-4H3. The van der Waals surface area contributed by atoms with E-state index in [9.17, 15) is 0 Å². The SMILES string of the molecule is CCCN1CN(CCC)N(C)CCN1C. The molecule has 15 heavy (non-hydrogen) atoms. The minimum Gasteiger partial charge on any atom is -0.242 e. The average Bonchev–Trinajstić information content (AvgIpc) is 2.34. The van der Waals surface area contributed by atoms with Crippen molar-refractivity contribution in [3.63, 3.8) is 0 Å². The summed E-state index contributed by atoms with van der Waals surface area (Å²) in [5.74, 6) is 0. The first kappa shape index (κ1) is 12.9. The van der Waals surface area contributed by atoms with Gasteiger partial charge in [0.2, 0.25) is 0 Å². The van der Waals surface area contributed by atoms with Gasteiger partial charge in [-0.3, -0.25) is 0 Å². The molecule has 1 rings (SSSR count). The zero-order valence-corrected chi connectivity index (χ0v) is 10.7. The van der Waals surface area contributed by atoms with Crippen molar-refractivity contribution in [2.75, 3.05) is 46.9 Å². The third-order valence-electron chi connectivity index (χ3n) is 3.00. The number of hydrogen-bond acceptors (Lipinski definition) is 4. The third-order valence-corrected chi connectivity index (χ3v) is 3.00. The van der Waals surface area contributed by atoms with Crippen molar-refractivity contribution >= 4 is 0 Å². The predicted octanol–water partition coefficient (Wildman–Crippen LogP) is 1.08. The first-order valence-corrected chi connectivity index (χ1v) is 6.11. The first-order valence-electron chi connectivity index (χ1n) is 6.11. The van der Waals surface area contributed by atoms with Gasteiger partial charge in [-0.1, -0.05) is 13.8 Å². The van der Waals surface area contributed by atoms with Gasteiger partial charge in [-0.05, 0) is 12.8 Å². The number of hydrazine groups is 2. The maximum absolute atomic E-state index is 2.44. The fourth-order valence-electron chi connectivity index (χ4n) is 1.98. The van der Waals surface area contributed by atoms with Gasteiger partial charge in [0.05, 0.1) is 6.67 Å². The Morgan fingerprint density at radius 1 is 0.800 bits per heavy atom. The summed E-state index contributed by atoms with van der Waals surface area (Å²) in [6, 6.07) is 0. The minimum atomic E-state index is 1.04. The van der Waals surface area contributed by atoms with Crippen LogP contribution in [0.15, 0.2) is 0 Å². The van der Waals surface area contributed by atoms with E-state index in [-0.39, 0.29) is 0 Å². The zero-order chi connectivity index (χ0) is 11.3. The summed E-state index contributed by atoms with van der Waals surface area (Å²) in [6.07, 6.45) is 2.43. The van der Waals surface area contributed by atoms with Crippen molar-refractivity contribution in [2.24, 2.45) is 0 Å². The minimum absolute atomic E-state index is 1.04. The van der Waals surface area contributed by atoms with Crippen LogP contribution < -0.4 is 0 Å². The second kappa shape index (κ2) is 6.43. The van der Waals surface area contributed by atoms with Crippen molar-refractivity contribution in [1.82, 2.24) is 20.0 Å². The van der Waals surface area contributed by atoms with Gasteiger partial charge in [-0.2, -0.15) is 0 Å². The molecule has 1 aliphatic heterocycles. The van der Waals surface area contributed by atoms with Crippen molar-refractivity contribution < 1.29 is 0 Å². The summed E-state index contributed by atoms with van der Waals surface area (Å²) >= 11 is 0. The number of likely N-dealkylation sites (N-methyl/N-ethyl adjacent to an activating group) is 2. The zero-order valence-electron chi connectivity index (χ0n) is 10.7. The molecule has 0 radical (unpaired) electrons. The van der Waals surface area contributed by atoms with E-state index in [1.54, 1.807) is 0 Å². The Bertz CT molecular complexity index is 156. The van der Waals surface area contributed by atoms with Crippen LogP contribution in [0.4, 0.5) is 0 Å². The van der Waals surface area contributed by atoms with Gasteiger partial charge in [0.15, 0.2) is 0 Å². The molecule has 4 nitrogen and oxygen atoms in total. The second-order valence-corrected chi connectivity index (χ2v) is 4.36. The molecule has 1 fully saturated rings. The molecule has 0 saturated carbocycles. The van der Waals surface area contributed by atoms with E-state index >= 15 is 0 Å². The van der Waals surface area contributed by atoms with Crippen LogP contribution >= 0.6 is 0 Å². The second-order valence-electron chi connectivity index (χ2n) is 4.36. The molecule has 4 heteroatoms. The molecule has 0 unspecified atom stereocenters. The van der Waals surface area contributed by atoms with E-state index in [1.807, 2.05) is 0 Å². The van der Waals surface area contributed by atoms with E-state index in [1.165, 1.54) is 12.8 Å². The highest BCUT2D eigenvalue weighted by atomic mass is 15.7. The summed E-state index contributed by atoms with van der Waals surface area (Å²) in [6.45, 7) is 10.1. The fourth-order valence-corrected chi connectivity index (χ4v) is 1.98. The molecule has 90 valence electrons. The predicted molar refractivity (Wildman–Crippen MR) is 64.1 cm³/mol. The molecular formula is C11H26N4. The summed E-state index contributed by atoms with van der Waals surface area (Å²) in [5, 5.41) is 9.60. The molecule has 1 aliphatic rings.